The largest absolute Gasteiger partial charge is 0.482 e. The lowest BCUT2D eigenvalue weighted by Gasteiger charge is -2.28. The number of carbonyl (C=O) groups excluding carboxylic acids is 2. The Kier molecular flexibility index (Phi) is 5.39. The van der Waals surface area contributed by atoms with Gasteiger partial charge in [-0.3, -0.25) is 14.5 Å². The summed E-state index contributed by atoms with van der Waals surface area (Å²) in [6, 6.07) is 5.36. The van der Waals surface area contributed by atoms with E-state index in [1.54, 1.807) is 23.5 Å². The quantitative estimate of drug-likeness (QED) is 0.801. The number of nitrogens with zero attached hydrogens (tertiary/aromatic N) is 2. The second kappa shape index (κ2) is 7.53. The van der Waals surface area contributed by atoms with Gasteiger partial charge in [0.2, 0.25) is 5.91 Å². The first-order valence-electron chi connectivity index (χ1n) is 7.87. The number of amides is 2. The highest BCUT2D eigenvalue weighted by molar-refractivity contribution is 9.10. The molecule has 8 heteroatoms. The molecule has 0 spiro atoms. The van der Waals surface area contributed by atoms with Crippen LogP contribution in [-0.4, -0.2) is 29.9 Å². The van der Waals surface area contributed by atoms with Crippen molar-refractivity contribution < 1.29 is 14.3 Å². The number of ether oxygens (including phenoxy) is 1. The van der Waals surface area contributed by atoms with Gasteiger partial charge in [0.15, 0.2) is 6.61 Å². The fourth-order valence-corrected chi connectivity index (χ4v) is 3.58. The fraction of sp³-hybridized carbons (Fsp3) is 0.353. The van der Waals surface area contributed by atoms with Gasteiger partial charge in [0, 0.05) is 15.8 Å². The van der Waals surface area contributed by atoms with Gasteiger partial charge in [-0.25, -0.2) is 4.98 Å². The summed E-state index contributed by atoms with van der Waals surface area (Å²) in [6.07, 6.45) is 0. The molecular weight excluding hydrogens is 406 g/mol. The van der Waals surface area contributed by atoms with E-state index in [0.29, 0.717) is 23.9 Å². The SMILES string of the molecule is CC(C)c1nc(CNC(=O)CN2C(=O)COc3cc(Br)ccc32)cs1. The highest BCUT2D eigenvalue weighted by Gasteiger charge is 2.27. The van der Waals surface area contributed by atoms with Crippen LogP contribution in [-0.2, 0) is 16.1 Å². The molecule has 0 saturated heterocycles. The number of nitrogens with one attached hydrogen (secondary N) is 1. The first-order valence-corrected chi connectivity index (χ1v) is 9.55. The van der Waals surface area contributed by atoms with E-state index < -0.39 is 0 Å². The van der Waals surface area contributed by atoms with Crippen LogP contribution < -0.4 is 15.0 Å². The molecule has 6 nitrogen and oxygen atoms in total. The van der Waals surface area contributed by atoms with Crippen LogP contribution in [0.2, 0.25) is 0 Å². The van der Waals surface area contributed by atoms with E-state index in [0.717, 1.165) is 15.2 Å². The topological polar surface area (TPSA) is 71.5 Å². The Hall–Kier alpha value is -1.93. The van der Waals surface area contributed by atoms with E-state index in [9.17, 15) is 9.59 Å². The predicted octanol–water partition coefficient (Wildman–Crippen LogP) is 3.07. The van der Waals surface area contributed by atoms with Crippen molar-refractivity contribution in [2.75, 3.05) is 18.1 Å². The summed E-state index contributed by atoms with van der Waals surface area (Å²) in [5.41, 5.74) is 1.44. The first kappa shape index (κ1) is 17.9. The molecule has 0 unspecified atom stereocenters. The zero-order valence-corrected chi connectivity index (χ0v) is 16.3. The van der Waals surface area contributed by atoms with Crippen LogP contribution in [0, 0.1) is 0 Å². The number of benzene rings is 1. The molecule has 25 heavy (non-hydrogen) atoms. The zero-order chi connectivity index (χ0) is 18.0. The lowest BCUT2D eigenvalue weighted by atomic mass is 10.2. The highest BCUT2D eigenvalue weighted by Crippen LogP contribution is 2.34. The molecule has 1 aromatic carbocycles. The van der Waals surface area contributed by atoms with Gasteiger partial charge in [-0.05, 0) is 18.2 Å². The molecular formula is C17H18BrN3O3S. The van der Waals surface area contributed by atoms with Crippen molar-refractivity contribution in [3.8, 4) is 5.75 Å². The number of carbonyl (C=O) groups is 2. The molecule has 1 N–H and O–H groups in total. The molecule has 1 aliphatic rings. The standard InChI is InChI=1S/C17H18BrN3O3S/c1-10(2)17-20-12(9-25-17)6-19-15(22)7-21-13-4-3-11(18)5-14(13)24-8-16(21)23/h3-5,9-10H,6-8H2,1-2H3,(H,19,22). The van der Waals surface area contributed by atoms with Crippen LogP contribution in [0.15, 0.2) is 28.1 Å². The summed E-state index contributed by atoms with van der Waals surface area (Å²) in [6.45, 7) is 4.41. The third kappa shape index (κ3) is 4.19. The van der Waals surface area contributed by atoms with Gasteiger partial charge in [-0.15, -0.1) is 11.3 Å². The van der Waals surface area contributed by atoms with Crippen LogP contribution in [0.1, 0.15) is 30.5 Å². The average Bonchev–Trinajstić information content (AvgIpc) is 3.05. The maximum absolute atomic E-state index is 12.3. The Morgan fingerprint density at radius 1 is 1.48 bits per heavy atom. The van der Waals surface area contributed by atoms with E-state index in [-0.39, 0.29) is 25.0 Å². The van der Waals surface area contributed by atoms with Crippen LogP contribution in [0.3, 0.4) is 0 Å². The van der Waals surface area contributed by atoms with Crippen LogP contribution >= 0.6 is 27.3 Å². The first-order chi connectivity index (χ1) is 11.9. The zero-order valence-electron chi connectivity index (χ0n) is 13.9. The molecule has 3 rings (SSSR count). The summed E-state index contributed by atoms with van der Waals surface area (Å²) in [7, 11) is 0. The number of thiazole rings is 1. The van der Waals surface area contributed by atoms with Crippen molar-refractivity contribution in [1.82, 2.24) is 10.3 Å². The van der Waals surface area contributed by atoms with Crippen molar-refractivity contribution in [2.45, 2.75) is 26.3 Å². The molecule has 0 saturated carbocycles. The van der Waals surface area contributed by atoms with E-state index in [1.165, 1.54) is 4.90 Å². The monoisotopic (exact) mass is 423 g/mol. The average molecular weight is 424 g/mol. The molecule has 132 valence electrons. The Balaban J connectivity index is 1.63. The van der Waals surface area contributed by atoms with E-state index >= 15 is 0 Å². The lowest BCUT2D eigenvalue weighted by molar-refractivity contribution is -0.125. The number of fused-ring (bicyclic) bond motifs is 1. The van der Waals surface area contributed by atoms with Gasteiger partial charge < -0.3 is 10.1 Å². The van der Waals surface area contributed by atoms with E-state index in [1.807, 2.05) is 11.4 Å². The number of rotatable bonds is 5. The molecule has 0 bridgehead atoms. The molecule has 2 heterocycles. The van der Waals surface area contributed by atoms with Crippen molar-refractivity contribution in [3.63, 3.8) is 0 Å². The van der Waals surface area contributed by atoms with Crippen molar-refractivity contribution in [3.05, 3.63) is 38.8 Å². The van der Waals surface area contributed by atoms with Gasteiger partial charge in [0.05, 0.1) is 22.9 Å². The van der Waals surface area contributed by atoms with E-state index in [4.69, 9.17) is 4.74 Å². The van der Waals surface area contributed by atoms with Crippen LogP contribution in [0.4, 0.5) is 5.69 Å². The molecule has 2 aromatic rings. The summed E-state index contributed by atoms with van der Waals surface area (Å²) in [5, 5.41) is 5.82. The third-order valence-electron chi connectivity index (χ3n) is 3.70. The molecule has 2 amide bonds. The van der Waals surface area contributed by atoms with Gasteiger partial charge in [0.25, 0.3) is 5.91 Å². The number of hydrogen-bond donors (Lipinski definition) is 1. The maximum atomic E-state index is 12.3. The van der Waals surface area contributed by atoms with Gasteiger partial charge in [-0.2, -0.15) is 0 Å². The number of hydrogen-bond acceptors (Lipinski definition) is 5. The summed E-state index contributed by atoms with van der Waals surface area (Å²) in [4.78, 5) is 30.3. The second-order valence-corrected chi connectivity index (χ2v) is 7.79. The minimum Gasteiger partial charge on any atom is -0.482 e. The predicted molar refractivity (Wildman–Crippen MR) is 100 cm³/mol. The number of anilines is 1. The Bertz CT molecular complexity index is 806. The second-order valence-electron chi connectivity index (χ2n) is 5.99. The minimum absolute atomic E-state index is 0.0437. The number of halogens is 1. The van der Waals surface area contributed by atoms with Crippen molar-refractivity contribution >= 4 is 44.8 Å². The fourth-order valence-electron chi connectivity index (χ4n) is 2.41. The summed E-state index contributed by atoms with van der Waals surface area (Å²) >= 11 is 4.96. The smallest absolute Gasteiger partial charge is 0.265 e. The molecule has 0 radical (unpaired) electrons. The van der Waals surface area contributed by atoms with Crippen molar-refractivity contribution in [2.24, 2.45) is 0 Å². The molecule has 1 aromatic heterocycles. The van der Waals surface area contributed by atoms with E-state index in [2.05, 4.69) is 40.1 Å². The summed E-state index contributed by atoms with van der Waals surface area (Å²) < 4.78 is 6.28. The Morgan fingerprint density at radius 2 is 2.28 bits per heavy atom. The highest BCUT2D eigenvalue weighted by atomic mass is 79.9. The minimum atomic E-state index is -0.235. The number of aromatic nitrogens is 1. The van der Waals surface area contributed by atoms with Gasteiger partial charge in [0.1, 0.15) is 12.3 Å². The Morgan fingerprint density at radius 3 is 3.00 bits per heavy atom. The molecule has 0 fully saturated rings. The van der Waals surface area contributed by atoms with Gasteiger partial charge in [-0.1, -0.05) is 29.8 Å². The van der Waals surface area contributed by atoms with Gasteiger partial charge >= 0.3 is 0 Å². The van der Waals surface area contributed by atoms with Crippen LogP contribution in [0.25, 0.3) is 0 Å². The van der Waals surface area contributed by atoms with Crippen LogP contribution in [0.5, 0.6) is 5.75 Å². The maximum Gasteiger partial charge on any atom is 0.265 e. The normalized spacial score (nSPS) is 13.6. The summed E-state index contributed by atoms with van der Waals surface area (Å²) in [5.74, 6) is 0.489. The Labute approximate surface area is 158 Å². The molecule has 1 aliphatic heterocycles. The molecule has 0 atom stereocenters. The molecule has 0 aliphatic carbocycles. The third-order valence-corrected chi connectivity index (χ3v) is 5.38. The van der Waals surface area contributed by atoms with Crippen molar-refractivity contribution in [1.29, 1.82) is 0 Å². The lowest BCUT2D eigenvalue weighted by Crippen LogP contribution is -2.45.